The lowest BCUT2D eigenvalue weighted by molar-refractivity contribution is 0.102. The molecule has 0 saturated carbocycles. The van der Waals surface area contributed by atoms with E-state index in [0.717, 1.165) is 37.5 Å². The second-order valence-electron chi connectivity index (χ2n) is 5.78. The van der Waals surface area contributed by atoms with Crippen LogP contribution in [-0.4, -0.2) is 20.6 Å². The molecule has 1 aromatic carbocycles. The molecule has 0 aliphatic heterocycles. The predicted molar refractivity (Wildman–Crippen MR) is 93.2 cm³/mol. The number of aryl methyl sites for hydroxylation is 1. The fraction of sp³-hybridized carbons (Fsp3) is 0.294. The Kier molecular flexibility index (Phi) is 4.43. The Labute approximate surface area is 144 Å². The van der Waals surface area contributed by atoms with Gasteiger partial charge >= 0.3 is 0 Å². The second kappa shape index (κ2) is 6.38. The highest BCUT2D eigenvalue weighted by atomic mass is 32.2. The molecule has 1 aliphatic carbocycles. The van der Waals surface area contributed by atoms with Crippen LogP contribution in [0.1, 0.15) is 39.2 Å². The van der Waals surface area contributed by atoms with Crippen LogP contribution in [0.4, 0.5) is 5.00 Å². The minimum Gasteiger partial charge on any atom is -0.312 e. The summed E-state index contributed by atoms with van der Waals surface area (Å²) in [5, 5.41) is 12.8. The molecular formula is C17H16N2O3S2. The summed E-state index contributed by atoms with van der Waals surface area (Å²) in [5.41, 5.74) is 1.99. The van der Waals surface area contributed by atoms with Gasteiger partial charge in [-0.3, -0.25) is 4.79 Å². The number of nitriles is 1. The van der Waals surface area contributed by atoms with Gasteiger partial charge in [0.2, 0.25) is 0 Å². The summed E-state index contributed by atoms with van der Waals surface area (Å²) < 4.78 is 22.9. The summed E-state index contributed by atoms with van der Waals surface area (Å²) >= 11 is 1.47. The summed E-state index contributed by atoms with van der Waals surface area (Å²) in [6, 6.07) is 7.98. The van der Waals surface area contributed by atoms with Crippen molar-refractivity contribution in [2.45, 2.75) is 30.6 Å². The molecule has 0 fully saturated rings. The van der Waals surface area contributed by atoms with Gasteiger partial charge in [0, 0.05) is 16.7 Å². The van der Waals surface area contributed by atoms with Gasteiger partial charge in [0.1, 0.15) is 11.1 Å². The highest BCUT2D eigenvalue weighted by Crippen LogP contribution is 2.37. The predicted octanol–water partition coefficient (Wildman–Crippen LogP) is 3.15. The van der Waals surface area contributed by atoms with E-state index in [1.54, 1.807) is 0 Å². The molecule has 0 saturated heterocycles. The number of nitrogens with zero attached hydrogens (tertiary/aromatic N) is 1. The van der Waals surface area contributed by atoms with Crippen molar-refractivity contribution < 1.29 is 13.2 Å². The molecule has 1 heterocycles. The van der Waals surface area contributed by atoms with Crippen LogP contribution in [0, 0.1) is 11.3 Å². The van der Waals surface area contributed by atoms with E-state index in [0.29, 0.717) is 16.1 Å². The zero-order chi connectivity index (χ0) is 17.3. The van der Waals surface area contributed by atoms with Crippen molar-refractivity contribution in [2.75, 3.05) is 11.6 Å². The van der Waals surface area contributed by atoms with Crippen molar-refractivity contribution in [3.8, 4) is 6.07 Å². The summed E-state index contributed by atoms with van der Waals surface area (Å²) in [5.74, 6) is -0.342. The molecule has 0 spiro atoms. The largest absolute Gasteiger partial charge is 0.312 e. The van der Waals surface area contributed by atoms with Crippen molar-refractivity contribution in [2.24, 2.45) is 0 Å². The van der Waals surface area contributed by atoms with Crippen molar-refractivity contribution in [1.29, 1.82) is 5.26 Å². The van der Waals surface area contributed by atoms with Gasteiger partial charge in [-0.2, -0.15) is 5.26 Å². The number of benzene rings is 1. The van der Waals surface area contributed by atoms with E-state index in [4.69, 9.17) is 0 Å². The highest BCUT2D eigenvalue weighted by Gasteiger charge is 2.22. The third kappa shape index (κ3) is 3.21. The standard InChI is InChI=1S/C17H16N2O3S2/c1-24(21,22)12-8-6-11(7-9-12)16(20)19-17-14(10-18)13-4-2-3-5-15(13)23-17/h6-9H,2-5H2,1H3,(H,19,20). The number of carbonyl (C=O) groups excluding carboxylic acids is 1. The van der Waals surface area contributed by atoms with E-state index in [1.165, 1.54) is 40.5 Å². The third-order valence-corrected chi connectivity index (χ3v) is 6.39. The highest BCUT2D eigenvalue weighted by molar-refractivity contribution is 7.90. The van der Waals surface area contributed by atoms with Crippen molar-refractivity contribution >= 4 is 32.1 Å². The molecule has 0 unspecified atom stereocenters. The number of sulfone groups is 1. The molecule has 1 amide bonds. The summed E-state index contributed by atoms with van der Waals surface area (Å²) in [4.78, 5) is 13.7. The minimum absolute atomic E-state index is 0.170. The molecule has 1 N–H and O–H groups in total. The monoisotopic (exact) mass is 360 g/mol. The van der Waals surface area contributed by atoms with Crippen LogP contribution in [0.3, 0.4) is 0 Å². The number of amides is 1. The number of anilines is 1. The Morgan fingerprint density at radius 1 is 1.21 bits per heavy atom. The van der Waals surface area contributed by atoms with Crippen LogP contribution in [-0.2, 0) is 22.7 Å². The van der Waals surface area contributed by atoms with E-state index in [9.17, 15) is 18.5 Å². The van der Waals surface area contributed by atoms with Gasteiger partial charge in [-0.25, -0.2) is 8.42 Å². The van der Waals surface area contributed by atoms with Gasteiger partial charge in [-0.1, -0.05) is 0 Å². The second-order valence-corrected chi connectivity index (χ2v) is 8.90. The lowest BCUT2D eigenvalue weighted by Gasteiger charge is -2.09. The Morgan fingerprint density at radius 3 is 2.50 bits per heavy atom. The topological polar surface area (TPSA) is 87.0 Å². The smallest absolute Gasteiger partial charge is 0.256 e. The molecule has 7 heteroatoms. The fourth-order valence-corrected chi connectivity index (χ4v) is 4.67. The number of hydrogen-bond acceptors (Lipinski definition) is 5. The zero-order valence-corrected chi connectivity index (χ0v) is 14.8. The van der Waals surface area contributed by atoms with Gasteiger partial charge < -0.3 is 5.32 Å². The van der Waals surface area contributed by atoms with E-state index in [2.05, 4.69) is 11.4 Å². The Bertz CT molecular complexity index is 935. The number of rotatable bonds is 3. The first kappa shape index (κ1) is 16.7. The quantitative estimate of drug-likeness (QED) is 0.911. The Hall–Kier alpha value is -2.17. The molecule has 0 bridgehead atoms. The molecule has 124 valence electrons. The van der Waals surface area contributed by atoms with Gasteiger partial charge in [0.05, 0.1) is 10.5 Å². The molecular weight excluding hydrogens is 344 g/mol. The number of thiophene rings is 1. The SMILES string of the molecule is CS(=O)(=O)c1ccc(C(=O)Nc2sc3c(c2C#N)CCCC3)cc1. The first-order chi connectivity index (χ1) is 11.4. The minimum atomic E-state index is -3.29. The average Bonchev–Trinajstić information content (AvgIpc) is 2.91. The molecule has 24 heavy (non-hydrogen) atoms. The summed E-state index contributed by atoms with van der Waals surface area (Å²) in [6.45, 7) is 0. The first-order valence-electron chi connectivity index (χ1n) is 7.56. The molecule has 1 aliphatic rings. The van der Waals surface area contributed by atoms with Crippen molar-refractivity contribution in [1.82, 2.24) is 0 Å². The summed E-state index contributed by atoms with van der Waals surface area (Å²) in [6.07, 6.45) is 5.14. The van der Waals surface area contributed by atoms with Crippen LogP contribution in [0.5, 0.6) is 0 Å². The summed E-state index contributed by atoms with van der Waals surface area (Å²) in [7, 11) is -3.29. The Balaban J connectivity index is 1.85. The molecule has 0 radical (unpaired) electrons. The molecule has 0 atom stereocenters. The lowest BCUT2D eigenvalue weighted by Crippen LogP contribution is -2.12. The molecule has 3 rings (SSSR count). The molecule has 1 aromatic heterocycles. The van der Waals surface area contributed by atoms with Crippen LogP contribution in [0.2, 0.25) is 0 Å². The van der Waals surface area contributed by atoms with Crippen molar-refractivity contribution in [3.63, 3.8) is 0 Å². The van der Waals surface area contributed by atoms with Gasteiger partial charge in [0.15, 0.2) is 9.84 Å². The number of carbonyl (C=O) groups is 1. The van der Waals surface area contributed by atoms with Crippen molar-refractivity contribution in [3.05, 3.63) is 45.8 Å². The van der Waals surface area contributed by atoms with Gasteiger partial charge in [-0.15, -0.1) is 11.3 Å². The molecule has 2 aromatic rings. The van der Waals surface area contributed by atoms with E-state index >= 15 is 0 Å². The van der Waals surface area contributed by atoms with Crippen LogP contribution in [0.25, 0.3) is 0 Å². The van der Waals surface area contributed by atoms with E-state index < -0.39 is 9.84 Å². The normalized spacial score (nSPS) is 13.8. The van der Waals surface area contributed by atoms with Gasteiger partial charge in [-0.05, 0) is 55.5 Å². The number of hydrogen-bond donors (Lipinski definition) is 1. The maximum Gasteiger partial charge on any atom is 0.256 e. The van der Waals surface area contributed by atoms with E-state index in [-0.39, 0.29) is 10.8 Å². The third-order valence-electron chi connectivity index (χ3n) is 4.05. The molecule has 5 nitrogen and oxygen atoms in total. The Morgan fingerprint density at radius 2 is 1.88 bits per heavy atom. The zero-order valence-electron chi connectivity index (χ0n) is 13.1. The fourth-order valence-electron chi connectivity index (χ4n) is 2.80. The average molecular weight is 360 g/mol. The maximum atomic E-state index is 12.4. The van der Waals surface area contributed by atoms with Crippen LogP contribution >= 0.6 is 11.3 Å². The number of fused-ring (bicyclic) bond motifs is 1. The van der Waals surface area contributed by atoms with Crippen LogP contribution < -0.4 is 5.32 Å². The lowest BCUT2D eigenvalue weighted by atomic mass is 9.96. The van der Waals surface area contributed by atoms with E-state index in [1.807, 2.05) is 0 Å². The number of nitrogens with one attached hydrogen (secondary N) is 1. The van der Waals surface area contributed by atoms with Crippen LogP contribution in [0.15, 0.2) is 29.2 Å². The maximum absolute atomic E-state index is 12.4. The van der Waals surface area contributed by atoms with Gasteiger partial charge in [0.25, 0.3) is 5.91 Å². The first-order valence-corrected chi connectivity index (χ1v) is 10.3.